The summed E-state index contributed by atoms with van der Waals surface area (Å²) in [5, 5.41) is 0.935. The van der Waals surface area contributed by atoms with Gasteiger partial charge < -0.3 is 14.2 Å². The molecule has 30 heavy (non-hydrogen) atoms. The summed E-state index contributed by atoms with van der Waals surface area (Å²) in [5.74, 6) is 2.49. The molecule has 0 spiro atoms. The summed E-state index contributed by atoms with van der Waals surface area (Å²) in [4.78, 5) is 10.1. The maximum atomic E-state index is 6.29. The molecule has 0 atom stereocenters. The lowest BCUT2D eigenvalue weighted by atomic mass is 9.82. The molecule has 5 rings (SSSR count). The third-order valence-corrected chi connectivity index (χ3v) is 6.72. The Morgan fingerprint density at radius 1 is 1.03 bits per heavy atom. The van der Waals surface area contributed by atoms with Crippen LogP contribution in [-0.2, 0) is 12.8 Å². The van der Waals surface area contributed by atoms with Gasteiger partial charge in [0, 0.05) is 17.5 Å². The van der Waals surface area contributed by atoms with Gasteiger partial charge in [0.05, 0.1) is 30.0 Å². The van der Waals surface area contributed by atoms with Gasteiger partial charge in [-0.3, -0.25) is 4.99 Å². The van der Waals surface area contributed by atoms with Crippen LogP contribution in [0.3, 0.4) is 0 Å². The average molecular weight is 423 g/mol. The van der Waals surface area contributed by atoms with Crippen molar-refractivity contribution in [3.05, 3.63) is 46.0 Å². The second-order valence-electron chi connectivity index (χ2n) is 9.26. The molecule has 3 heterocycles. The minimum absolute atomic E-state index is 0.216. The van der Waals surface area contributed by atoms with E-state index in [-0.39, 0.29) is 11.1 Å². The molecule has 0 N–H and O–H groups in total. The first-order valence-electron chi connectivity index (χ1n) is 10.2. The number of aliphatic imine (C=N–C) groups is 1. The van der Waals surface area contributed by atoms with Crippen LogP contribution >= 0.6 is 11.3 Å². The summed E-state index contributed by atoms with van der Waals surface area (Å²) in [6.45, 7) is 8.58. The van der Waals surface area contributed by atoms with Gasteiger partial charge >= 0.3 is 0 Å². The first kappa shape index (κ1) is 19.4. The molecule has 0 amide bonds. The summed E-state index contributed by atoms with van der Waals surface area (Å²) >= 11 is 1.66. The Hall–Kier alpha value is -2.60. The number of nitrogens with zero attached hydrogens (tertiary/aromatic N) is 2. The van der Waals surface area contributed by atoms with Gasteiger partial charge in [0.15, 0.2) is 11.5 Å². The molecular formula is C24H26N2O3S. The van der Waals surface area contributed by atoms with E-state index < -0.39 is 0 Å². The molecule has 3 aromatic rings. The first-order chi connectivity index (χ1) is 14.2. The molecule has 5 nitrogen and oxygen atoms in total. The zero-order valence-corrected chi connectivity index (χ0v) is 19.1. The molecule has 6 heteroatoms. The van der Waals surface area contributed by atoms with Crippen LogP contribution < -0.4 is 14.2 Å². The normalized spacial score (nSPS) is 18.4. The predicted molar refractivity (Wildman–Crippen MR) is 121 cm³/mol. The van der Waals surface area contributed by atoms with Crippen molar-refractivity contribution in [2.24, 2.45) is 4.99 Å². The Morgan fingerprint density at radius 2 is 1.83 bits per heavy atom. The average Bonchev–Trinajstić information content (AvgIpc) is 3.24. The number of thiazole rings is 1. The van der Waals surface area contributed by atoms with E-state index in [2.05, 4.69) is 33.8 Å². The fourth-order valence-corrected chi connectivity index (χ4v) is 5.50. The lowest BCUT2D eigenvalue weighted by molar-refractivity contribution is 0.134. The molecular weight excluding hydrogens is 396 g/mol. The molecule has 2 aromatic carbocycles. The van der Waals surface area contributed by atoms with E-state index in [1.807, 2.05) is 18.2 Å². The van der Waals surface area contributed by atoms with Crippen molar-refractivity contribution in [1.82, 2.24) is 4.98 Å². The van der Waals surface area contributed by atoms with Crippen LogP contribution in [-0.4, -0.2) is 36.1 Å². The zero-order valence-electron chi connectivity index (χ0n) is 18.3. The van der Waals surface area contributed by atoms with Crippen molar-refractivity contribution in [2.75, 3.05) is 14.2 Å². The lowest BCUT2D eigenvalue weighted by Crippen LogP contribution is -2.30. The number of benzene rings is 2. The Kier molecular flexibility index (Phi) is 4.16. The molecule has 1 aromatic heterocycles. The number of rotatable bonds is 3. The quantitative estimate of drug-likeness (QED) is 0.582. The Balaban J connectivity index is 1.75. The molecule has 0 radical (unpaired) electrons. The van der Waals surface area contributed by atoms with Crippen LogP contribution in [0.4, 0.5) is 0 Å². The standard InChI is InChI=1S/C24H26N2O3S/c1-23(2)11-13-9-17(28-6)21-15(12-24(3,4)29-21)19(13)20(26-23)22-25-16-8-7-14(27-5)10-18(16)30-22/h7-10H,11-12H2,1-6H3. The van der Waals surface area contributed by atoms with Crippen LogP contribution in [0.5, 0.6) is 17.2 Å². The largest absolute Gasteiger partial charge is 0.497 e. The van der Waals surface area contributed by atoms with Crippen LogP contribution in [0, 0.1) is 0 Å². The van der Waals surface area contributed by atoms with Gasteiger partial charge in [-0.1, -0.05) is 0 Å². The number of hydrogen-bond acceptors (Lipinski definition) is 6. The fourth-order valence-electron chi connectivity index (χ4n) is 4.51. The van der Waals surface area contributed by atoms with Crippen molar-refractivity contribution in [3.63, 3.8) is 0 Å². The Morgan fingerprint density at radius 3 is 2.57 bits per heavy atom. The highest BCUT2D eigenvalue weighted by atomic mass is 32.1. The number of hydrogen-bond donors (Lipinski definition) is 0. The van der Waals surface area contributed by atoms with E-state index >= 15 is 0 Å². The van der Waals surface area contributed by atoms with Gasteiger partial charge in [0.25, 0.3) is 0 Å². The number of ether oxygens (including phenoxy) is 3. The molecule has 156 valence electrons. The Labute approximate surface area is 180 Å². The molecule has 0 fully saturated rings. The topological polar surface area (TPSA) is 52.9 Å². The lowest BCUT2D eigenvalue weighted by Gasteiger charge is -2.30. The van der Waals surface area contributed by atoms with Crippen LogP contribution in [0.15, 0.2) is 29.3 Å². The third kappa shape index (κ3) is 3.05. The predicted octanol–water partition coefficient (Wildman–Crippen LogP) is 5.20. The monoisotopic (exact) mass is 422 g/mol. The van der Waals surface area contributed by atoms with E-state index in [4.69, 9.17) is 24.2 Å². The summed E-state index contributed by atoms with van der Waals surface area (Å²) in [6.07, 6.45) is 1.68. The molecule has 2 aliphatic heterocycles. The number of fused-ring (bicyclic) bond motifs is 4. The van der Waals surface area contributed by atoms with Crippen molar-refractivity contribution in [2.45, 2.75) is 51.7 Å². The van der Waals surface area contributed by atoms with Crippen LogP contribution in [0.25, 0.3) is 10.2 Å². The Bertz CT molecular complexity index is 1210. The highest BCUT2D eigenvalue weighted by Gasteiger charge is 2.40. The summed E-state index contributed by atoms with van der Waals surface area (Å²) < 4.78 is 18.5. The second-order valence-corrected chi connectivity index (χ2v) is 10.3. The second kappa shape index (κ2) is 6.45. The number of aromatic nitrogens is 1. The molecule has 0 saturated heterocycles. The van der Waals surface area contributed by atoms with Gasteiger partial charge in [0.2, 0.25) is 0 Å². The van der Waals surface area contributed by atoms with Gasteiger partial charge in [-0.2, -0.15) is 0 Å². The highest BCUT2D eigenvalue weighted by molar-refractivity contribution is 7.20. The van der Waals surface area contributed by atoms with Crippen molar-refractivity contribution < 1.29 is 14.2 Å². The van der Waals surface area contributed by atoms with Crippen LogP contribution in [0.2, 0.25) is 0 Å². The highest BCUT2D eigenvalue weighted by Crippen LogP contribution is 2.48. The summed E-state index contributed by atoms with van der Waals surface area (Å²) in [5.41, 5.74) is 5.03. The first-order valence-corrected chi connectivity index (χ1v) is 11.0. The van der Waals surface area contributed by atoms with Gasteiger partial charge in [0.1, 0.15) is 22.1 Å². The van der Waals surface area contributed by atoms with Crippen LogP contribution in [0.1, 0.15) is 49.4 Å². The van der Waals surface area contributed by atoms with E-state index in [0.29, 0.717) is 0 Å². The van der Waals surface area contributed by atoms with Gasteiger partial charge in [-0.15, -0.1) is 11.3 Å². The molecule has 0 bridgehead atoms. The summed E-state index contributed by atoms with van der Waals surface area (Å²) in [7, 11) is 3.39. The van der Waals surface area contributed by atoms with Gasteiger partial charge in [-0.25, -0.2) is 4.98 Å². The third-order valence-electron chi connectivity index (χ3n) is 5.70. The molecule has 2 aliphatic rings. The van der Waals surface area contributed by atoms with E-state index in [0.717, 1.165) is 51.0 Å². The smallest absolute Gasteiger partial charge is 0.166 e. The minimum Gasteiger partial charge on any atom is -0.497 e. The maximum absolute atomic E-state index is 6.29. The zero-order chi connectivity index (χ0) is 21.3. The van der Waals surface area contributed by atoms with E-state index in [9.17, 15) is 0 Å². The van der Waals surface area contributed by atoms with Crippen molar-refractivity contribution in [1.29, 1.82) is 0 Å². The molecule has 0 saturated carbocycles. The van der Waals surface area contributed by atoms with Crippen molar-refractivity contribution in [3.8, 4) is 17.2 Å². The van der Waals surface area contributed by atoms with E-state index in [1.54, 1.807) is 25.6 Å². The fraction of sp³-hybridized carbons (Fsp3) is 0.417. The van der Waals surface area contributed by atoms with Gasteiger partial charge in [-0.05, 0) is 63.9 Å². The maximum Gasteiger partial charge on any atom is 0.166 e. The van der Waals surface area contributed by atoms with Crippen molar-refractivity contribution >= 4 is 27.3 Å². The molecule has 0 unspecified atom stereocenters. The van der Waals surface area contributed by atoms with E-state index in [1.165, 1.54) is 16.7 Å². The molecule has 0 aliphatic carbocycles. The summed E-state index contributed by atoms with van der Waals surface area (Å²) in [6, 6.07) is 8.12. The number of methoxy groups -OCH3 is 2. The SMILES string of the molecule is COc1ccc2nc(C3=NC(C)(C)Cc4cc(OC)c5c(c43)CC(C)(C)O5)sc2c1. The minimum atomic E-state index is -0.274.